The van der Waals surface area contributed by atoms with E-state index in [0.717, 1.165) is 22.3 Å². The van der Waals surface area contributed by atoms with Gasteiger partial charge >= 0.3 is 0 Å². The highest BCUT2D eigenvalue weighted by Gasteiger charge is 2.46. The lowest BCUT2D eigenvalue weighted by Crippen LogP contribution is -2.35. The number of aliphatic hydroxyl groups excluding tert-OH is 1. The quantitative estimate of drug-likeness (QED) is 0.438. The molecule has 0 bridgehead atoms. The molecular formula is C25H30N2O4. The summed E-state index contributed by atoms with van der Waals surface area (Å²) in [6.07, 6.45) is 0. The van der Waals surface area contributed by atoms with Crippen LogP contribution in [0.5, 0.6) is 5.75 Å². The average molecular weight is 423 g/mol. The smallest absolute Gasteiger partial charge is 0.295 e. The molecule has 1 aliphatic heterocycles. The molecule has 6 heteroatoms. The van der Waals surface area contributed by atoms with Gasteiger partial charge in [-0.1, -0.05) is 29.8 Å². The maximum absolute atomic E-state index is 13.1. The number of amides is 1. The minimum Gasteiger partial charge on any atom is -0.507 e. The van der Waals surface area contributed by atoms with Crippen molar-refractivity contribution in [2.24, 2.45) is 0 Å². The molecule has 2 aromatic rings. The molecule has 31 heavy (non-hydrogen) atoms. The van der Waals surface area contributed by atoms with Gasteiger partial charge in [-0.3, -0.25) is 9.59 Å². The summed E-state index contributed by atoms with van der Waals surface area (Å²) in [5.41, 5.74) is 4.09. The number of nitrogens with zero attached hydrogens (tertiary/aromatic N) is 2. The van der Waals surface area contributed by atoms with Crippen LogP contribution in [-0.4, -0.2) is 60.9 Å². The van der Waals surface area contributed by atoms with Crippen LogP contribution in [0, 0.1) is 20.8 Å². The van der Waals surface area contributed by atoms with Crippen molar-refractivity contribution in [1.29, 1.82) is 0 Å². The van der Waals surface area contributed by atoms with Gasteiger partial charge in [-0.15, -0.1) is 0 Å². The summed E-state index contributed by atoms with van der Waals surface area (Å²) < 4.78 is 5.37. The van der Waals surface area contributed by atoms with Gasteiger partial charge in [-0.25, -0.2) is 0 Å². The first-order valence-corrected chi connectivity index (χ1v) is 10.3. The Morgan fingerprint density at radius 1 is 1.10 bits per heavy atom. The Hall–Kier alpha value is -3.12. The number of rotatable bonds is 6. The molecule has 1 fully saturated rings. The van der Waals surface area contributed by atoms with Gasteiger partial charge in [0.25, 0.3) is 11.7 Å². The Bertz CT molecular complexity index is 1060. The summed E-state index contributed by atoms with van der Waals surface area (Å²) in [4.78, 5) is 29.6. The van der Waals surface area contributed by atoms with Crippen molar-refractivity contribution in [3.05, 3.63) is 69.8 Å². The van der Waals surface area contributed by atoms with E-state index in [9.17, 15) is 14.7 Å². The fourth-order valence-corrected chi connectivity index (χ4v) is 4.01. The first-order chi connectivity index (χ1) is 14.6. The topological polar surface area (TPSA) is 70.1 Å². The van der Waals surface area contributed by atoms with E-state index in [1.807, 2.05) is 70.1 Å². The van der Waals surface area contributed by atoms with Crippen molar-refractivity contribution in [3.8, 4) is 5.75 Å². The van der Waals surface area contributed by atoms with Crippen LogP contribution in [-0.2, 0) is 9.59 Å². The molecule has 0 saturated carbocycles. The zero-order valence-electron chi connectivity index (χ0n) is 19.0. The van der Waals surface area contributed by atoms with Crippen molar-refractivity contribution in [1.82, 2.24) is 9.80 Å². The molecule has 0 aliphatic carbocycles. The van der Waals surface area contributed by atoms with Crippen LogP contribution in [0.1, 0.15) is 33.9 Å². The van der Waals surface area contributed by atoms with Crippen LogP contribution >= 0.6 is 0 Å². The van der Waals surface area contributed by atoms with Crippen molar-refractivity contribution >= 4 is 17.4 Å². The molecule has 1 atom stereocenters. The number of methoxy groups -OCH3 is 1. The highest BCUT2D eigenvalue weighted by molar-refractivity contribution is 6.46. The number of likely N-dealkylation sites (N-methyl/N-ethyl adjacent to an activating group) is 1. The molecule has 164 valence electrons. The van der Waals surface area contributed by atoms with Crippen LogP contribution in [0.2, 0.25) is 0 Å². The van der Waals surface area contributed by atoms with E-state index in [-0.39, 0.29) is 11.3 Å². The number of benzene rings is 2. The average Bonchev–Trinajstić information content (AvgIpc) is 2.97. The first kappa shape index (κ1) is 22.6. The van der Waals surface area contributed by atoms with Gasteiger partial charge < -0.3 is 19.6 Å². The van der Waals surface area contributed by atoms with Crippen LogP contribution in [0.25, 0.3) is 5.76 Å². The van der Waals surface area contributed by atoms with Crippen LogP contribution in [0.3, 0.4) is 0 Å². The van der Waals surface area contributed by atoms with E-state index < -0.39 is 17.7 Å². The Morgan fingerprint density at radius 3 is 2.42 bits per heavy atom. The summed E-state index contributed by atoms with van der Waals surface area (Å²) in [5, 5.41) is 11.3. The van der Waals surface area contributed by atoms with Gasteiger partial charge in [0, 0.05) is 18.7 Å². The van der Waals surface area contributed by atoms with Gasteiger partial charge in [0.05, 0.1) is 18.7 Å². The van der Waals surface area contributed by atoms with Gasteiger partial charge in [0.1, 0.15) is 11.5 Å². The van der Waals surface area contributed by atoms with Crippen LogP contribution < -0.4 is 4.74 Å². The van der Waals surface area contributed by atoms with E-state index in [0.29, 0.717) is 24.4 Å². The predicted octanol–water partition coefficient (Wildman–Crippen LogP) is 3.60. The second-order valence-electron chi connectivity index (χ2n) is 8.35. The monoisotopic (exact) mass is 422 g/mol. The highest BCUT2D eigenvalue weighted by atomic mass is 16.5. The number of hydrogen-bond acceptors (Lipinski definition) is 5. The fraction of sp³-hybridized carbons (Fsp3) is 0.360. The van der Waals surface area contributed by atoms with Gasteiger partial charge in [-0.05, 0) is 63.7 Å². The molecule has 0 radical (unpaired) electrons. The van der Waals surface area contributed by atoms with Crippen molar-refractivity contribution in [3.63, 3.8) is 0 Å². The Kier molecular flexibility index (Phi) is 6.51. The van der Waals surface area contributed by atoms with Crippen molar-refractivity contribution in [2.75, 3.05) is 34.3 Å². The van der Waals surface area contributed by atoms with Gasteiger partial charge in [0.15, 0.2) is 0 Å². The van der Waals surface area contributed by atoms with E-state index in [1.54, 1.807) is 18.1 Å². The molecule has 1 heterocycles. The standard InChI is InChI=1S/C25H30N2O4/c1-15-8-7-9-18(12-15)22-21(24(29)25(30)27(22)11-10-26(4)5)23(28)19-13-17(3)20(31-6)14-16(19)2/h7-9,12-14,22,28H,10-11H2,1-6H3/b23-21+. The normalized spacial score (nSPS) is 18.2. The fourth-order valence-electron chi connectivity index (χ4n) is 4.01. The summed E-state index contributed by atoms with van der Waals surface area (Å²) in [7, 11) is 5.43. The second kappa shape index (κ2) is 8.94. The first-order valence-electron chi connectivity index (χ1n) is 10.3. The number of aryl methyl sites for hydroxylation is 3. The maximum Gasteiger partial charge on any atom is 0.295 e. The lowest BCUT2D eigenvalue weighted by atomic mass is 9.92. The van der Waals surface area contributed by atoms with Gasteiger partial charge in [0.2, 0.25) is 0 Å². The number of aliphatic hydroxyl groups is 1. The van der Waals surface area contributed by atoms with Crippen LogP contribution in [0.15, 0.2) is 42.0 Å². The SMILES string of the molecule is COc1cc(C)c(/C(O)=C2\C(=O)C(=O)N(CCN(C)C)C2c2cccc(C)c2)cc1C. The maximum atomic E-state index is 13.1. The van der Waals surface area contributed by atoms with E-state index in [1.165, 1.54) is 0 Å². The molecule has 2 aromatic carbocycles. The molecule has 0 spiro atoms. The molecule has 0 aromatic heterocycles. The zero-order valence-corrected chi connectivity index (χ0v) is 19.0. The number of likely N-dealkylation sites (tertiary alicyclic amines) is 1. The minimum atomic E-state index is -0.657. The zero-order chi connectivity index (χ0) is 22.9. The Morgan fingerprint density at radius 2 is 1.81 bits per heavy atom. The van der Waals surface area contributed by atoms with Crippen LogP contribution in [0.4, 0.5) is 0 Å². The van der Waals surface area contributed by atoms with E-state index >= 15 is 0 Å². The second-order valence-corrected chi connectivity index (χ2v) is 8.35. The molecule has 3 rings (SSSR count). The Balaban J connectivity index is 2.21. The largest absolute Gasteiger partial charge is 0.507 e. The molecule has 1 N–H and O–H groups in total. The summed E-state index contributed by atoms with van der Waals surface area (Å²) in [6, 6.07) is 10.7. The Labute approximate surface area is 183 Å². The molecular weight excluding hydrogens is 392 g/mol. The van der Waals surface area contributed by atoms with Crippen molar-refractivity contribution < 1.29 is 19.4 Å². The third-order valence-electron chi connectivity index (χ3n) is 5.68. The van der Waals surface area contributed by atoms with Crippen molar-refractivity contribution in [2.45, 2.75) is 26.8 Å². The molecule has 1 aliphatic rings. The lowest BCUT2D eigenvalue weighted by molar-refractivity contribution is -0.140. The number of ketones is 1. The minimum absolute atomic E-state index is 0.127. The summed E-state index contributed by atoms with van der Waals surface area (Å²) in [5.74, 6) is -0.690. The predicted molar refractivity (Wildman–Crippen MR) is 121 cm³/mol. The molecule has 1 unspecified atom stereocenters. The number of ether oxygens (including phenoxy) is 1. The van der Waals surface area contributed by atoms with E-state index in [2.05, 4.69) is 0 Å². The third kappa shape index (κ3) is 4.35. The third-order valence-corrected chi connectivity index (χ3v) is 5.68. The lowest BCUT2D eigenvalue weighted by Gasteiger charge is -2.27. The number of hydrogen-bond donors (Lipinski definition) is 1. The number of carbonyl (C=O) groups excluding carboxylic acids is 2. The summed E-state index contributed by atoms with van der Waals surface area (Å²) >= 11 is 0. The summed E-state index contributed by atoms with van der Waals surface area (Å²) in [6.45, 7) is 6.68. The molecule has 1 saturated heterocycles. The van der Waals surface area contributed by atoms with E-state index in [4.69, 9.17) is 4.74 Å². The highest BCUT2D eigenvalue weighted by Crippen LogP contribution is 2.40. The number of carbonyl (C=O) groups is 2. The molecule has 6 nitrogen and oxygen atoms in total. The molecule has 1 amide bonds. The number of Topliss-reactive ketones (excluding diaryl/α,β-unsaturated/α-hetero) is 1. The van der Waals surface area contributed by atoms with Gasteiger partial charge in [-0.2, -0.15) is 0 Å².